The summed E-state index contributed by atoms with van der Waals surface area (Å²) in [4.78, 5) is 0. The third kappa shape index (κ3) is 2.95. The van der Waals surface area contributed by atoms with Crippen molar-refractivity contribution in [3.8, 4) is 5.69 Å². The summed E-state index contributed by atoms with van der Waals surface area (Å²) < 4.78 is 54.1. The van der Waals surface area contributed by atoms with E-state index in [0.29, 0.717) is 24.9 Å². The number of aliphatic hydroxyl groups excluding tert-OH is 1. The second-order valence-corrected chi connectivity index (χ2v) is 13.0. The van der Waals surface area contributed by atoms with Crippen molar-refractivity contribution >= 4 is 6.08 Å². The molecule has 1 N–H and O–H groups in total. The van der Waals surface area contributed by atoms with Gasteiger partial charge in [-0.05, 0) is 85.5 Å². The minimum Gasteiger partial charge on any atom is -0.393 e. The number of allylic oxidation sites excluding steroid dienone is 1. The number of aromatic nitrogens is 2. The molecule has 0 radical (unpaired) electrons. The van der Waals surface area contributed by atoms with Crippen LogP contribution < -0.4 is 0 Å². The highest BCUT2D eigenvalue weighted by Gasteiger charge is 2.76. The number of aliphatic hydroxyl groups is 1. The van der Waals surface area contributed by atoms with Crippen LogP contribution in [0.1, 0.15) is 57.2 Å². The molecule has 3 heterocycles. The first-order chi connectivity index (χ1) is 18.7. The summed E-state index contributed by atoms with van der Waals surface area (Å²) in [6.45, 7) is 5.30. The largest absolute Gasteiger partial charge is 0.393 e. The van der Waals surface area contributed by atoms with E-state index in [1.807, 2.05) is 0 Å². The predicted molar refractivity (Wildman–Crippen MR) is 135 cm³/mol. The van der Waals surface area contributed by atoms with E-state index in [2.05, 4.69) is 25.0 Å². The van der Waals surface area contributed by atoms with E-state index in [1.165, 1.54) is 17.7 Å². The van der Waals surface area contributed by atoms with Crippen LogP contribution in [0.4, 0.5) is 8.78 Å². The van der Waals surface area contributed by atoms with Crippen LogP contribution in [0.15, 0.2) is 30.0 Å². The van der Waals surface area contributed by atoms with Gasteiger partial charge in [-0.2, -0.15) is 5.10 Å². The van der Waals surface area contributed by atoms with E-state index in [-0.39, 0.29) is 36.0 Å². The Labute approximate surface area is 226 Å². The molecule has 9 heteroatoms. The van der Waals surface area contributed by atoms with Crippen LogP contribution in [0.2, 0.25) is 0 Å². The van der Waals surface area contributed by atoms with Crippen molar-refractivity contribution < 1.29 is 32.8 Å². The zero-order valence-electron chi connectivity index (χ0n) is 22.3. The Kier molecular flexibility index (Phi) is 5.03. The molecule has 4 aliphatic carbocycles. The molecule has 1 aromatic carbocycles. The van der Waals surface area contributed by atoms with Gasteiger partial charge in [0.1, 0.15) is 23.7 Å². The van der Waals surface area contributed by atoms with Gasteiger partial charge in [-0.3, -0.25) is 0 Å². The normalized spacial score (nSPS) is 44.3. The van der Waals surface area contributed by atoms with E-state index in [1.54, 1.807) is 10.9 Å². The quantitative estimate of drug-likeness (QED) is 0.563. The van der Waals surface area contributed by atoms with Gasteiger partial charge < -0.3 is 24.1 Å². The molecule has 6 aliphatic rings. The maximum Gasteiger partial charge on any atom is 0.226 e. The third-order valence-electron chi connectivity index (χ3n) is 11.6. The second kappa shape index (κ2) is 7.97. The topological polar surface area (TPSA) is 75.0 Å². The first-order valence-corrected chi connectivity index (χ1v) is 14.1. The predicted octanol–water partition coefficient (Wildman–Crippen LogP) is 4.75. The van der Waals surface area contributed by atoms with E-state index < -0.39 is 29.1 Å². The van der Waals surface area contributed by atoms with E-state index in [9.17, 15) is 13.9 Å². The Balaban J connectivity index is 1.16. The van der Waals surface area contributed by atoms with Crippen LogP contribution in [0.25, 0.3) is 11.8 Å². The van der Waals surface area contributed by atoms with Crippen LogP contribution in [0.3, 0.4) is 0 Å². The minimum absolute atomic E-state index is 0.0869. The highest BCUT2D eigenvalue weighted by molar-refractivity contribution is 5.61. The van der Waals surface area contributed by atoms with Crippen LogP contribution in [-0.2, 0) is 25.4 Å². The van der Waals surface area contributed by atoms with E-state index in [0.717, 1.165) is 49.4 Å². The van der Waals surface area contributed by atoms with Gasteiger partial charge in [0.2, 0.25) is 5.79 Å². The summed E-state index contributed by atoms with van der Waals surface area (Å²) in [6, 6.07) is 3.58. The lowest BCUT2D eigenvalue weighted by molar-refractivity contribution is -0.257. The highest BCUT2D eigenvalue weighted by atomic mass is 19.1. The van der Waals surface area contributed by atoms with Crippen molar-refractivity contribution in [2.45, 2.75) is 69.9 Å². The van der Waals surface area contributed by atoms with Gasteiger partial charge in [-0.25, -0.2) is 13.5 Å². The number of halogens is 2. The number of benzene rings is 1. The second-order valence-electron chi connectivity index (χ2n) is 13.0. The van der Waals surface area contributed by atoms with Gasteiger partial charge in [0.15, 0.2) is 19.4 Å². The number of ether oxygens (including phenoxy) is 4. The van der Waals surface area contributed by atoms with Crippen LogP contribution in [-0.4, -0.2) is 52.6 Å². The minimum atomic E-state index is -0.906. The van der Waals surface area contributed by atoms with Gasteiger partial charge in [-0.15, -0.1) is 0 Å². The Morgan fingerprint density at radius 2 is 1.95 bits per heavy atom. The van der Waals surface area contributed by atoms with Crippen LogP contribution in [0.5, 0.6) is 0 Å². The molecule has 7 nitrogen and oxygen atoms in total. The molecule has 2 aliphatic heterocycles. The molecule has 4 unspecified atom stereocenters. The van der Waals surface area contributed by atoms with Crippen LogP contribution >= 0.6 is 0 Å². The summed E-state index contributed by atoms with van der Waals surface area (Å²) in [5.74, 6) is -1.37. The summed E-state index contributed by atoms with van der Waals surface area (Å²) >= 11 is 0. The summed E-state index contributed by atoms with van der Waals surface area (Å²) in [6.07, 6.45) is 8.47. The molecule has 1 aromatic heterocycles. The molecule has 0 amide bonds. The Bertz CT molecular complexity index is 1380. The smallest absolute Gasteiger partial charge is 0.226 e. The molecule has 3 saturated carbocycles. The van der Waals surface area contributed by atoms with Crippen molar-refractivity contribution in [2.75, 3.05) is 20.2 Å². The fraction of sp³-hybridized carbons (Fsp3) is 0.633. The molecule has 2 spiro atoms. The first-order valence-electron chi connectivity index (χ1n) is 14.1. The average molecular weight is 541 g/mol. The molecule has 5 fully saturated rings. The van der Waals surface area contributed by atoms with Crippen molar-refractivity contribution in [2.24, 2.45) is 28.6 Å². The number of nitrogens with zero attached hydrogens (tertiary/aromatic N) is 2. The Morgan fingerprint density at radius 3 is 2.74 bits per heavy atom. The fourth-order valence-corrected chi connectivity index (χ4v) is 10.0. The van der Waals surface area contributed by atoms with Crippen molar-refractivity contribution in [3.63, 3.8) is 0 Å². The van der Waals surface area contributed by atoms with Crippen molar-refractivity contribution in [3.05, 3.63) is 52.9 Å². The van der Waals surface area contributed by atoms with Gasteiger partial charge in [-0.1, -0.05) is 19.4 Å². The molecule has 39 heavy (non-hydrogen) atoms. The molecular formula is C30H34F2N2O5. The lowest BCUT2D eigenvalue weighted by Gasteiger charge is -2.61. The molecule has 8 atom stereocenters. The van der Waals surface area contributed by atoms with E-state index >= 15 is 0 Å². The Morgan fingerprint density at radius 1 is 1.10 bits per heavy atom. The molecule has 8 rings (SSSR count). The number of fused-ring (bicyclic) bond motifs is 8. The standard InChI is InChI=1S/C30H34F2N2O5/c1-27-11-17-13-33-34(23-6-4-19(31)10-22(23)32)24(17)9-18(27)3-5-20-21-7-8-29(28(21,2)12-25(35)26(20)27)30(39-16-37-29)14-36-15-38-30/h4,6,9-10,13,20-21,25-26,35H,3,5,7-8,11-12,14-16H2,1-2H3/t20-,21?,25-,26?,27-,28-,29?,30?/m0/s1. The maximum absolute atomic E-state index is 14.7. The van der Waals surface area contributed by atoms with Gasteiger partial charge in [0.25, 0.3) is 0 Å². The summed E-state index contributed by atoms with van der Waals surface area (Å²) in [5.41, 5.74) is 2.21. The van der Waals surface area contributed by atoms with Gasteiger partial charge in [0.05, 0.1) is 18.0 Å². The Hall–Kier alpha value is -2.17. The number of hydrogen-bond acceptors (Lipinski definition) is 6. The maximum atomic E-state index is 14.7. The fourth-order valence-electron chi connectivity index (χ4n) is 10.0. The van der Waals surface area contributed by atoms with Crippen LogP contribution in [0, 0.1) is 40.2 Å². The monoisotopic (exact) mass is 540 g/mol. The third-order valence-corrected chi connectivity index (χ3v) is 11.6. The molecule has 2 saturated heterocycles. The first kappa shape index (κ1) is 24.6. The zero-order valence-corrected chi connectivity index (χ0v) is 22.3. The van der Waals surface area contributed by atoms with Crippen molar-refractivity contribution in [1.29, 1.82) is 0 Å². The summed E-state index contributed by atoms with van der Waals surface area (Å²) in [5, 5.41) is 16.5. The summed E-state index contributed by atoms with van der Waals surface area (Å²) in [7, 11) is 0. The number of hydrogen-bond donors (Lipinski definition) is 1. The lowest BCUT2D eigenvalue weighted by Crippen LogP contribution is -2.66. The molecule has 208 valence electrons. The molecule has 0 bridgehead atoms. The lowest BCUT2D eigenvalue weighted by atomic mass is 9.45. The zero-order chi connectivity index (χ0) is 26.8. The highest BCUT2D eigenvalue weighted by Crippen LogP contribution is 2.71. The molecular weight excluding hydrogens is 506 g/mol. The number of rotatable bonds is 1. The van der Waals surface area contributed by atoms with E-state index in [4.69, 9.17) is 18.9 Å². The van der Waals surface area contributed by atoms with Crippen molar-refractivity contribution in [1.82, 2.24) is 9.78 Å². The molecule has 2 aromatic rings. The van der Waals surface area contributed by atoms with Gasteiger partial charge in [0, 0.05) is 11.5 Å². The average Bonchev–Trinajstić information content (AvgIpc) is 3.66. The van der Waals surface area contributed by atoms with Gasteiger partial charge >= 0.3 is 0 Å². The SMILES string of the molecule is C[C@]12Cc3cnn(-c4ccc(F)cc4F)c3C=C1CC[C@@H]1C2[C@@H](O)C[C@@]2(C)C1CCC21OCOC12COCO2.